The average Bonchev–Trinajstić information content (AvgIpc) is 2.58. The summed E-state index contributed by atoms with van der Waals surface area (Å²) in [6.45, 7) is 3.90. The topological polar surface area (TPSA) is 13.1 Å². The Bertz CT molecular complexity index is 519. The number of rotatable bonds is 3. The van der Waals surface area contributed by atoms with Crippen molar-refractivity contribution in [2.45, 2.75) is 25.6 Å². The van der Waals surface area contributed by atoms with Crippen LogP contribution in [-0.2, 0) is 6.42 Å². The molecule has 0 amide bonds. The molecule has 0 aliphatic heterocycles. The first-order valence-corrected chi connectivity index (χ1v) is 6.74. The lowest BCUT2D eigenvalue weighted by Crippen LogP contribution is -1.96. The summed E-state index contributed by atoms with van der Waals surface area (Å²) in [6, 6.07) is 10.2. The highest BCUT2D eigenvalue weighted by molar-refractivity contribution is 9.10. The molecule has 0 N–H and O–H groups in total. The minimum atomic E-state index is -0.0400. The second kappa shape index (κ2) is 5.28. The van der Waals surface area contributed by atoms with Gasteiger partial charge in [-0.05, 0) is 44.0 Å². The van der Waals surface area contributed by atoms with E-state index < -0.39 is 0 Å². The molecule has 2 aromatic rings. The largest absolute Gasteiger partial charge is 0.466 e. The first kappa shape index (κ1) is 12.7. The second-order valence-electron chi connectivity index (χ2n) is 4.17. The van der Waals surface area contributed by atoms with Crippen molar-refractivity contribution in [3.63, 3.8) is 0 Å². The second-order valence-corrected chi connectivity index (χ2v) is 5.61. The molecule has 1 aromatic carbocycles. The number of hydrogen-bond donors (Lipinski definition) is 0. The zero-order valence-electron chi connectivity index (χ0n) is 9.84. The number of alkyl halides is 1. The van der Waals surface area contributed by atoms with Gasteiger partial charge in [0, 0.05) is 10.0 Å². The molecule has 17 heavy (non-hydrogen) atoms. The molecule has 3 heteroatoms. The zero-order valence-corrected chi connectivity index (χ0v) is 12.2. The predicted molar refractivity (Wildman–Crippen MR) is 74.6 cm³/mol. The van der Waals surface area contributed by atoms with Crippen molar-refractivity contribution in [3.8, 4) is 0 Å². The fourth-order valence-corrected chi connectivity index (χ4v) is 2.78. The van der Waals surface area contributed by atoms with Gasteiger partial charge in [-0.1, -0.05) is 28.1 Å². The van der Waals surface area contributed by atoms with E-state index in [9.17, 15) is 0 Å². The molecule has 0 aliphatic carbocycles. The third-order valence-electron chi connectivity index (χ3n) is 2.72. The Hall–Kier alpha value is -0.730. The third kappa shape index (κ3) is 3.14. The molecule has 0 fully saturated rings. The molecule has 0 radical (unpaired) electrons. The van der Waals surface area contributed by atoms with Gasteiger partial charge in [0.1, 0.15) is 11.5 Å². The van der Waals surface area contributed by atoms with Crippen molar-refractivity contribution in [1.82, 2.24) is 0 Å². The molecular weight excluding hydrogens is 300 g/mol. The average molecular weight is 314 g/mol. The fourth-order valence-electron chi connectivity index (χ4n) is 1.94. The van der Waals surface area contributed by atoms with Crippen LogP contribution in [0.3, 0.4) is 0 Å². The number of aryl methyl sites for hydroxylation is 2. The van der Waals surface area contributed by atoms with E-state index in [0.29, 0.717) is 0 Å². The molecule has 1 aromatic heterocycles. The van der Waals surface area contributed by atoms with Crippen LogP contribution in [-0.4, -0.2) is 0 Å². The quantitative estimate of drug-likeness (QED) is 0.711. The van der Waals surface area contributed by atoms with Crippen LogP contribution in [0.25, 0.3) is 0 Å². The summed E-state index contributed by atoms with van der Waals surface area (Å²) in [5, 5.41) is -0.0400. The highest BCUT2D eigenvalue weighted by Gasteiger charge is 2.15. The van der Waals surface area contributed by atoms with Crippen LogP contribution in [0.5, 0.6) is 0 Å². The fraction of sp³-hybridized carbons (Fsp3) is 0.286. The third-order valence-corrected chi connectivity index (χ3v) is 3.60. The van der Waals surface area contributed by atoms with E-state index in [0.717, 1.165) is 28.0 Å². The first-order valence-electron chi connectivity index (χ1n) is 5.51. The van der Waals surface area contributed by atoms with Crippen LogP contribution in [0.4, 0.5) is 0 Å². The molecule has 0 bridgehead atoms. The summed E-state index contributed by atoms with van der Waals surface area (Å²) in [7, 11) is 0. The summed E-state index contributed by atoms with van der Waals surface area (Å²) in [4.78, 5) is 0. The number of halogens is 2. The normalized spacial score (nSPS) is 12.7. The van der Waals surface area contributed by atoms with Gasteiger partial charge in [0.25, 0.3) is 0 Å². The summed E-state index contributed by atoms with van der Waals surface area (Å²) < 4.78 is 6.59. The number of hydrogen-bond acceptors (Lipinski definition) is 1. The molecule has 1 unspecified atom stereocenters. The highest BCUT2D eigenvalue weighted by Crippen LogP contribution is 2.30. The van der Waals surface area contributed by atoms with Crippen LogP contribution >= 0.6 is 27.5 Å². The van der Waals surface area contributed by atoms with E-state index in [1.165, 1.54) is 5.56 Å². The maximum absolute atomic E-state index is 6.44. The van der Waals surface area contributed by atoms with E-state index in [4.69, 9.17) is 16.0 Å². The number of furan rings is 1. The summed E-state index contributed by atoms with van der Waals surface area (Å²) in [6.07, 6.45) is 0.806. The van der Waals surface area contributed by atoms with Crippen molar-refractivity contribution in [3.05, 3.63) is 57.5 Å². The molecule has 2 rings (SSSR count). The van der Waals surface area contributed by atoms with Crippen molar-refractivity contribution >= 4 is 27.5 Å². The van der Waals surface area contributed by atoms with Gasteiger partial charge >= 0.3 is 0 Å². The summed E-state index contributed by atoms with van der Waals surface area (Å²) >= 11 is 9.90. The maximum atomic E-state index is 6.44. The van der Waals surface area contributed by atoms with Crippen molar-refractivity contribution in [2.24, 2.45) is 0 Å². The van der Waals surface area contributed by atoms with Crippen molar-refractivity contribution < 1.29 is 4.42 Å². The van der Waals surface area contributed by atoms with E-state index in [2.05, 4.69) is 28.1 Å². The molecule has 90 valence electrons. The van der Waals surface area contributed by atoms with E-state index >= 15 is 0 Å². The predicted octanol–water partition coefficient (Wildman–Crippen LogP) is 5.18. The lowest BCUT2D eigenvalue weighted by molar-refractivity contribution is 0.500. The Balaban J connectivity index is 2.16. The molecule has 1 atom stereocenters. The minimum Gasteiger partial charge on any atom is -0.466 e. The Morgan fingerprint density at radius 3 is 2.65 bits per heavy atom. The van der Waals surface area contributed by atoms with Gasteiger partial charge in [-0.3, -0.25) is 0 Å². The molecule has 0 spiro atoms. The van der Waals surface area contributed by atoms with E-state index in [1.54, 1.807) is 0 Å². The molecule has 1 nitrogen and oxygen atoms in total. The lowest BCUT2D eigenvalue weighted by Gasteiger charge is -2.08. The molecule has 1 heterocycles. The molecular formula is C14H14BrClO. The van der Waals surface area contributed by atoms with Crippen molar-refractivity contribution in [1.29, 1.82) is 0 Å². The van der Waals surface area contributed by atoms with Crippen LogP contribution in [0.1, 0.15) is 28.0 Å². The zero-order chi connectivity index (χ0) is 12.4. The van der Waals surface area contributed by atoms with Gasteiger partial charge in [0.2, 0.25) is 0 Å². The molecule has 0 aliphatic rings. The van der Waals surface area contributed by atoms with Gasteiger partial charge in [0.15, 0.2) is 0 Å². The standard InChI is InChI=1S/C14H14BrClO/c1-9-6-13(10(2)17-9)14(16)8-11-4-3-5-12(15)7-11/h3-7,14H,8H2,1-2H3. The molecule has 0 saturated carbocycles. The lowest BCUT2D eigenvalue weighted by atomic mass is 10.0. The van der Waals surface area contributed by atoms with Crippen LogP contribution in [0.15, 0.2) is 39.2 Å². The Morgan fingerprint density at radius 1 is 1.29 bits per heavy atom. The van der Waals surface area contributed by atoms with Gasteiger partial charge in [0.05, 0.1) is 5.38 Å². The monoisotopic (exact) mass is 312 g/mol. The van der Waals surface area contributed by atoms with Gasteiger partial charge in [-0.15, -0.1) is 11.6 Å². The molecule has 0 saturated heterocycles. The Kier molecular flexibility index (Phi) is 3.95. The van der Waals surface area contributed by atoms with Gasteiger partial charge in [-0.25, -0.2) is 0 Å². The summed E-state index contributed by atoms with van der Waals surface area (Å²) in [5.41, 5.74) is 2.31. The van der Waals surface area contributed by atoms with Gasteiger partial charge < -0.3 is 4.42 Å². The van der Waals surface area contributed by atoms with E-state index in [1.807, 2.05) is 32.0 Å². The summed E-state index contributed by atoms with van der Waals surface area (Å²) in [5.74, 6) is 1.83. The Morgan fingerprint density at radius 2 is 2.06 bits per heavy atom. The minimum absolute atomic E-state index is 0.0400. The maximum Gasteiger partial charge on any atom is 0.105 e. The SMILES string of the molecule is Cc1cc(C(Cl)Cc2cccc(Br)c2)c(C)o1. The smallest absolute Gasteiger partial charge is 0.105 e. The highest BCUT2D eigenvalue weighted by atomic mass is 79.9. The van der Waals surface area contributed by atoms with Crippen LogP contribution in [0, 0.1) is 13.8 Å². The van der Waals surface area contributed by atoms with Gasteiger partial charge in [-0.2, -0.15) is 0 Å². The van der Waals surface area contributed by atoms with Crippen LogP contribution in [0.2, 0.25) is 0 Å². The van der Waals surface area contributed by atoms with Crippen LogP contribution < -0.4 is 0 Å². The number of benzene rings is 1. The van der Waals surface area contributed by atoms with E-state index in [-0.39, 0.29) is 5.38 Å². The first-order chi connectivity index (χ1) is 8.06. The Labute approximate surface area is 115 Å². The van der Waals surface area contributed by atoms with Crippen molar-refractivity contribution in [2.75, 3.05) is 0 Å².